The maximum atomic E-state index is 11.6. The van der Waals surface area contributed by atoms with Crippen LogP contribution in [0.25, 0.3) is 0 Å². The lowest BCUT2D eigenvalue weighted by Gasteiger charge is -1.87. The maximum Gasteiger partial charge on any atom is 0.301 e. The molecule has 1 radical (unpaired) electrons. The summed E-state index contributed by atoms with van der Waals surface area (Å²) in [5.41, 5.74) is 0. The minimum atomic E-state index is -2.23. The van der Waals surface area contributed by atoms with Crippen molar-refractivity contribution < 1.29 is 13.2 Å². The Morgan fingerprint density at radius 3 is 1.88 bits per heavy atom. The zero-order valence-corrected chi connectivity index (χ0v) is 4.26. The largest absolute Gasteiger partial charge is 0.301 e. The van der Waals surface area contributed by atoms with Gasteiger partial charge in [0.2, 0.25) is 0 Å². The van der Waals surface area contributed by atoms with Crippen molar-refractivity contribution in [2.24, 2.45) is 0 Å². The second-order valence-electron chi connectivity index (χ2n) is 1.27. The van der Waals surface area contributed by atoms with Gasteiger partial charge in [-0.2, -0.15) is 8.78 Å². The van der Waals surface area contributed by atoms with Gasteiger partial charge in [0.05, 0.1) is 0 Å². The van der Waals surface area contributed by atoms with E-state index in [1.165, 1.54) is 0 Å². The zero-order chi connectivity index (χ0) is 6.57. The number of hydrogen-bond donors (Lipinski definition) is 0. The molecule has 47 valence electrons. The Balaban J connectivity index is 3.62. The summed E-state index contributed by atoms with van der Waals surface area (Å²) in [6.07, 6.45) is -2.32. The van der Waals surface area contributed by atoms with Crippen molar-refractivity contribution in [1.82, 2.24) is 0 Å². The van der Waals surface area contributed by atoms with Crippen LogP contribution in [0.15, 0.2) is 11.9 Å². The molecule has 0 atom stereocenters. The van der Waals surface area contributed by atoms with Crippen LogP contribution in [0.1, 0.15) is 12.8 Å². The second-order valence-corrected chi connectivity index (χ2v) is 1.27. The van der Waals surface area contributed by atoms with E-state index in [2.05, 4.69) is 6.92 Å². The van der Waals surface area contributed by atoms with E-state index in [-0.39, 0.29) is 12.8 Å². The van der Waals surface area contributed by atoms with Crippen LogP contribution in [0.3, 0.4) is 0 Å². The first-order valence-corrected chi connectivity index (χ1v) is 2.17. The molecule has 0 bridgehead atoms. The van der Waals surface area contributed by atoms with Gasteiger partial charge in [-0.05, 0) is 6.42 Å². The SMILES string of the molecule is [CH2]CCC(F)=C(F)F. The molecule has 3 heteroatoms. The molecule has 0 fully saturated rings. The van der Waals surface area contributed by atoms with Crippen molar-refractivity contribution in [3.63, 3.8) is 0 Å². The van der Waals surface area contributed by atoms with Gasteiger partial charge in [0.1, 0.15) is 0 Å². The first kappa shape index (κ1) is 7.53. The van der Waals surface area contributed by atoms with Crippen molar-refractivity contribution >= 4 is 0 Å². The Morgan fingerprint density at radius 2 is 1.75 bits per heavy atom. The van der Waals surface area contributed by atoms with Crippen LogP contribution >= 0.6 is 0 Å². The van der Waals surface area contributed by atoms with E-state index in [1.807, 2.05) is 0 Å². The van der Waals surface area contributed by atoms with Gasteiger partial charge in [-0.15, -0.1) is 0 Å². The predicted molar refractivity (Wildman–Crippen MR) is 24.9 cm³/mol. The van der Waals surface area contributed by atoms with Crippen LogP contribution in [0.4, 0.5) is 13.2 Å². The number of rotatable bonds is 2. The van der Waals surface area contributed by atoms with Crippen molar-refractivity contribution in [1.29, 1.82) is 0 Å². The van der Waals surface area contributed by atoms with Gasteiger partial charge in [-0.3, -0.25) is 0 Å². The van der Waals surface area contributed by atoms with Crippen molar-refractivity contribution in [3.05, 3.63) is 18.8 Å². The molecule has 0 aliphatic carbocycles. The van der Waals surface area contributed by atoms with Crippen LogP contribution in [-0.2, 0) is 0 Å². The van der Waals surface area contributed by atoms with Crippen LogP contribution < -0.4 is 0 Å². The normalized spacial score (nSPS) is 9.00. The number of halogens is 3. The van der Waals surface area contributed by atoms with E-state index in [4.69, 9.17) is 0 Å². The lowest BCUT2D eigenvalue weighted by Crippen LogP contribution is -1.73. The minimum absolute atomic E-state index is 0.170. The summed E-state index contributed by atoms with van der Waals surface area (Å²) in [6, 6.07) is 0. The van der Waals surface area contributed by atoms with Gasteiger partial charge < -0.3 is 0 Å². The topological polar surface area (TPSA) is 0 Å². The molecule has 0 aromatic carbocycles. The third kappa shape index (κ3) is 2.66. The van der Waals surface area contributed by atoms with Crippen LogP contribution in [-0.4, -0.2) is 0 Å². The fraction of sp³-hybridized carbons (Fsp3) is 0.400. The number of hydrogen-bond acceptors (Lipinski definition) is 0. The standard InChI is InChI=1S/C5H6F3/c1-2-3-4(6)5(7)8/h1-3H2. The van der Waals surface area contributed by atoms with E-state index in [9.17, 15) is 13.2 Å². The van der Waals surface area contributed by atoms with E-state index in [1.54, 1.807) is 0 Å². The van der Waals surface area contributed by atoms with Crippen molar-refractivity contribution in [2.75, 3.05) is 0 Å². The first-order chi connectivity index (χ1) is 3.68. The Bertz CT molecular complexity index is 91.8. The molecular weight excluding hydrogens is 117 g/mol. The van der Waals surface area contributed by atoms with Gasteiger partial charge in [0, 0.05) is 6.42 Å². The lowest BCUT2D eigenvalue weighted by molar-refractivity contribution is 0.370. The Hall–Kier alpha value is -0.470. The van der Waals surface area contributed by atoms with Gasteiger partial charge in [-0.25, -0.2) is 4.39 Å². The third-order valence-electron chi connectivity index (χ3n) is 0.601. The Morgan fingerprint density at radius 1 is 1.25 bits per heavy atom. The molecule has 0 rings (SSSR count). The Kier molecular flexibility index (Phi) is 3.31. The fourth-order valence-electron chi connectivity index (χ4n) is 0.250. The van der Waals surface area contributed by atoms with Gasteiger partial charge in [0.25, 0.3) is 0 Å². The summed E-state index contributed by atoms with van der Waals surface area (Å²) < 4.78 is 33.8. The molecule has 0 nitrogen and oxygen atoms in total. The smallest absolute Gasteiger partial charge is 0.206 e. The quantitative estimate of drug-likeness (QED) is 0.529. The molecule has 0 unspecified atom stereocenters. The zero-order valence-electron chi connectivity index (χ0n) is 4.26. The van der Waals surface area contributed by atoms with E-state index in [0.29, 0.717) is 0 Å². The van der Waals surface area contributed by atoms with Gasteiger partial charge in [-0.1, -0.05) is 6.92 Å². The highest BCUT2D eigenvalue weighted by molar-refractivity contribution is 4.90. The van der Waals surface area contributed by atoms with Crippen LogP contribution in [0.5, 0.6) is 0 Å². The molecular formula is C5H6F3. The summed E-state index contributed by atoms with van der Waals surface area (Å²) in [5, 5.41) is 0. The van der Waals surface area contributed by atoms with E-state index in [0.717, 1.165) is 0 Å². The van der Waals surface area contributed by atoms with Crippen LogP contribution in [0.2, 0.25) is 0 Å². The molecule has 0 amide bonds. The summed E-state index contributed by atoms with van der Waals surface area (Å²) in [6.45, 7) is 3.20. The van der Waals surface area contributed by atoms with Crippen molar-refractivity contribution in [2.45, 2.75) is 12.8 Å². The van der Waals surface area contributed by atoms with Crippen molar-refractivity contribution in [3.8, 4) is 0 Å². The molecule has 0 aromatic rings. The first-order valence-electron chi connectivity index (χ1n) is 2.17. The van der Waals surface area contributed by atoms with Gasteiger partial charge in [0.15, 0.2) is 5.83 Å². The monoisotopic (exact) mass is 123 g/mol. The summed E-state index contributed by atoms with van der Waals surface area (Å²) >= 11 is 0. The Labute approximate surface area is 46.0 Å². The van der Waals surface area contributed by atoms with E-state index >= 15 is 0 Å². The number of allylic oxidation sites excluding steroid dienone is 1. The summed E-state index contributed by atoms with van der Waals surface area (Å²) in [7, 11) is 0. The van der Waals surface area contributed by atoms with Gasteiger partial charge >= 0.3 is 6.08 Å². The highest BCUT2D eigenvalue weighted by Gasteiger charge is 2.00. The highest BCUT2D eigenvalue weighted by Crippen LogP contribution is 2.13. The molecule has 0 aliphatic heterocycles. The maximum absolute atomic E-state index is 11.6. The predicted octanol–water partition coefficient (Wildman–Crippen LogP) is 2.68. The van der Waals surface area contributed by atoms with Crippen LogP contribution in [0, 0.1) is 6.92 Å². The molecule has 0 spiro atoms. The molecule has 0 aromatic heterocycles. The third-order valence-corrected chi connectivity index (χ3v) is 0.601. The molecule has 0 saturated heterocycles. The average molecular weight is 123 g/mol. The average Bonchev–Trinajstić information content (AvgIpc) is 1.67. The molecule has 0 saturated carbocycles. The summed E-state index contributed by atoms with van der Waals surface area (Å²) in [4.78, 5) is 0. The fourth-order valence-corrected chi connectivity index (χ4v) is 0.250. The lowest BCUT2D eigenvalue weighted by atomic mass is 10.3. The minimum Gasteiger partial charge on any atom is -0.206 e. The highest BCUT2D eigenvalue weighted by atomic mass is 19.3. The molecule has 0 heterocycles. The molecule has 8 heavy (non-hydrogen) atoms. The van der Waals surface area contributed by atoms with E-state index < -0.39 is 11.9 Å². The summed E-state index contributed by atoms with van der Waals surface area (Å²) in [5.74, 6) is -1.35. The molecule has 0 aliphatic rings. The molecule has 0 N–H and O–H groups in total. The second kappa shape index (κ2) is 3.52.